The van der Waals surface area contributed by atoms with E-state index >= 15 is 0 Å². The normalized spacial score (nSPS) is 16.4. The van der Waals surface area contributed by atoms with Gasteiger partial charge < -0.3 is 30.3 Å². The number of aliphatic carboxylic acids is 1. The Balaban J connectivity index is 1.46. The fourth-order valence-corrected chi connectivity index (χ4v) is 5.28. The van der Waals surface area contributed by atoms with Crippen molar-refractivity contribution in [1.82, 2.24) is 30.5 Å². The van der Waals surface area contributed by atoms with Crippen molar-refractivity contribution in [3.05, 3.63) is 12.7 Å². The summed E-state index contributed by atoms with van der Waals surface area (Å²) in [4.78, 5) is 66.0. The summed E-state index contributed by atoms with van der Waals surface area (Å²) < 4.78 is 7.41. The molecule has 3 heterocycles. The van der Waals surface area contributed by atoms with E-state index in [2.05, 4.69) is 25.6 Å². The molecule has 3 rings (SSSR count). The molecule has 0 bridgehead atoms. The average molecular weight is 604 g/mol. The topological polar surface area (TPSA) is 174 Å². The Hall–Kier alpha value is -3.97. The highest BCUT2D eigenvalue weighted by Gasteiger charge is 2.40. The van der Waals surface area contributed by atoms with Gasteiger partial charge in [-0.05, 0) is 50.4 Å². The lowest BCUT2D eigenvalue weighted by atomic mass is 10.0. The van der Waals surface area contributed by atoms with Crippen molar-refractivity contribution in [2.45, 2.75) is 90.9 Å². The number of carboxylic acids is 1. The number of hydrogen-bond donors (Lipinski definition) is 4. The number of rotatable bonds is 15. The first kappa shape index (κ1) is 33.5. The van der Waals surface area contributed by atoms with E-state index in [1.165, 1.54) is 4.90 Å². The minimum Gasteiger partial charge on any atom is -0.480 e. The van der Waals surface area contributed by atoms with E-state index in [0.717, 1.165) is 36.4 Å². The van der Waals surface area contributed by atoms with E-state index in [9.17, 15) is 24.3 Å². The first-order valence-electron chi connectivity index (χ1n) is 15.1. The fraction of sp³-hybridized carbons (Fsp3) is 0.690. The lowest BCUT2D eigenvalue weighted by Gasteiger charge is -2.31. The van der Waals surface area contributed by atoms with Crippen LogP contribution in [0.1, 0.15) is 66.2 Å². The number of alkyl carbamates (subject to hydrolysis) is 1. The third kappa shape index (κ3) is 9.01. The van der Waals surface area contributed by atoms with Gasteiger partial charge in [0.1, 0.15) is 18.1 Å². The van der Waals surface area contributed by atoms with Gasteiger partial charge in [0.25, 0.3) is 0 Å². The summed E-state index contributed by atoms with van der Waals surface area (Å²) in [6, 6.07) is -2.68. The Kier molecular flexibility index (Phi) is 12.1. The van der Waals surface area contributed by atoms with Crippen LogP contribution in [0.5, 0.6) is 0 Å². The molecule has 2 aromatic heterocycles. The van der Waals surface area contributed by atoms with Gasteiger partial charge in [0, 0.05) is 20.6 Å². The Morgan fingerprint density at radius 2 is 1.88 bits per heavy atom. The number of anilines is 1. The predicted octanol–water partition coefficient (Wildman–Crippen LogP) is 1.84. The minimum absolute atomic E-state index is 0.0771. The predicted molar refractivity (Wildman–Crippen MR) is 159 cm³/mol. The van der Waals surface area contributed by atoms with Gasteiger partial charge in [-0.3, -0.25) is 14.6 Å². The first-order chi connectivity index (χ1) is 20.4. The van der Waals surface area contributed by atoms with E-state index in [0.29, 0.717) is 25.8 Å². The van der Waals surface area contributed by atoms with Crippen molar-refractivity contribution in [2.75, 3.05) is 32.1 Å². The number of nitrogens with one attached hydrogen (secondary N) is 3. The number of aromatic amines is 1. The minimum atomic E-state index is -1.10. The molecule has 0 aromatic carbocycles. The van der Waals surface area contributed by atoms with Gasteiger partial charge in [0.15, 0.2) is 18.5 Å². The number of aromatic nitrogens is 4. The standard InChI is InChI=1S/C29H46N8O6/c1-18(2)15-20(28(40)41)33-26(38)21-11-10-13-37(21)27(39)22(19(3)4)34-29(42)43-14-9-7-8-12-36-17-32-23-24(35(5)6)30-16-31-25(23)36/h16-22H,7-15H2,1-6H3,(H3,33,34,38,40,41,42)/p+1/t20-,21-,22-/m0/s1. The molecule has 0 saturated carbocycles. The molecule has 1 fully saturated rings. The maximum Gasteiger partial charge on any atom is 0.407 e. The molecule has 14 heteroatoms. The van der Waals surface area contributed by atoms with Crippen LogP contribution in [0.2, 0.25) is 0 Å². The molecule has 1 saturated heterocycles. The lowest BCUT2D eigenvalue weighted by molar-refractivity contribution is -0.673. The maximum atomic E-state index is 13.5. The number of H-pyrrole nitrogens is 1. The summed E-state index contributed by atoms with van der Waals surface area (Å²) in [5.41, 5.74) is 1.70. The molecule has 14 nitrogen and oxygen atoms in total. The number of likely N-dealkylation sites (tertiary alicyclic amines) is 1. The molecule has 43 heavy (non-hydrogen) atoms. The van der Waals surface area contributed by atoms with Gasteiger partial charge in [0.2, 0.25) is 17.3 Å². The van der Waals surface area contributed by atoms with Crippen LogP contribution in [0.4, 0.5) is 10.6 Å². The molecular formula is C29H47N8O6+. The smallest absolute Gasteiger partial charge is 0.407 e. The Morgan fingerprint density at radius 3 is 2.53 bits per heavy atom. The van der Waals surface area contributed by atoms with Crippen molar-refractivity contribution >= 4 is 40.9 Å². The summed E-state index contributed by atoms with van der Waals surface area (Å²) in [7, 11) is 3.86. The highest BCUT2D eigenvalue weighted by Crippen LogP contribution is 2.21. The number of unbranched alkanes of at least 4 members (excludes halogenated alkanes) is 2. The number of aryl methyl sites for hydroxylation is 1. The first-order valence-corrected chi connectivity index (χ1v) is 15.1. The summed E-state index contributed by atoms with van der Waals surface area (Å²) in [5.74, 6) is -1.32. The van der Waals surface area contributed by atoms with E-state index in [1.807, 2.05) is 57.6 Å². The number of nitrogens with zero attached hydrogens (tertiary/aromatic N) is 5. The molecule has 238 valence electrons. The van der Waals surface area contributed by atoms with Gasteiger partial charge >= 0.3 is 17.7 Å². The molecule has 2 aromatic rings. The van der Waals surface area contributed by atoms with Gasteiger partial charge in [-0.1, -0.05) is 32.7 Å². The van der Waals surface area contributed by atoms with E-state index in [-0.39, 0.29) is 30.8 Å². The highest BCUT2D eigenvalue weighted by molar-refractivity contribution is 5.93. The van der Waals surface area contributed by atoms with Gasteiger partial charge in [-0.15, -0.1) is 0 Å². The molecule has 1 aliphatic heterocycles. The molecule has 1 aliphatic rings. The third-order valence-electron chi connectivity index (χ3n) is 7.51. The third-order valence-corrected chi connectivity index (χ3v) is 7.51. The molecule has 0 spiro atoms. The van der Waals surface area contributed by atoms with Crippen LogP contribution in [0, 0.1) is 11.8 Å². The molecule has 3 atom stereocenters. The van der Waals surface area contributed by atoms with Crippen LogP contribution < -0.4 is 20.1 Å². The Morgan fingerprint density at radius 1 is 1.14 bits per heavy atom. The van der Waals surface area contributed by atoms with Crippen LogP contribution in [-0.2, 0) is 25.7 Å². The molecule has 3 amide bonds. The van der Waals surface area contributed by atoms with Crippen LogP contribution >= 0.6 is 0 Å². The molecule has 0 aliphatic carbocycles. The summed E-state index contributed by atoms with van der Waals surface area (Å²) in [6.45, 7) is 8.69. The fourth-order valence-electron chi connectivity index (χ4n) is 5.28. The molecule has 0 unspecified atom stereocenters. The lowest BCUT2D eigenvalue weighted by Crippen LogP contribution is -2.56. The second-order valence-electron chi connectivity index (χ2n) is 12.0. The number of hydrogen-bond acceptors (Lipinski definition) is 8. The largest absolute Gasteiger partial charge is 0.480 e. The summed E-state index contributed by atoms with van der Waals surface area (Å²) >= 11 is 0. The number of ether oxygens (including phenoxy) is 1. The van der Waals surface area contributed by atoms with Crippen molar-refractivity contribution in [2.24, 2.45) is 11.8 Å². The van der Waals surface area contributed by atoms with Crippen LogP contribution in [-0.4, -0.2) is 94.2 Å². The number of amides is 3. The molecule has 4 N–H and O–H groups in total. The van der Waals surface area contributed by atoms with Gasteiger partial charge in [0.05, 0.1) is 13.2 Å². The second kappa shape index (κ2) is 15.5. The maximum absolute atomic E-state index is 13.5. The van der Waals surface area contributed by atoms with Crippen molar-refractivity contribution in [1.29, 1.82) is 0 Å². The number of carboxylic acid groups (broad SMARTS) is 1. The van der Waals surface area contributed by atoms with Crippen molar-refractivity contribution in [3.63, 3.8) is 0 Å². The Labute approximate surface area is 252 Å². The van der Waals surface area contributed by atoms with E-state index in [4.69, 9.17) is 4.74 Å². The van der Waals surface area contributed by atoms with E-state index < -0.39 is 36.1 Å². The Bertz CT molecular complexity index is 1260. The molecule has 0 radical (unpaired) electrons. The van der Waals surface area contributed by atoms with Crippen LogP contribution in [0.25, 0.3) is 11.2 Å². The molecular weight excluding hydrogens is 556 g/mol. The average Bonchev–Trinajstić information content (AvgIpc) is 3.60. The number of carbonyl (C=O) groups excluding carboxylic acids is 3. The van der Waals surface area contributed by atoms with Gasteiger partial charge in [-0.25, -0.2) is 14.2 Å². The number of fused-ring (bicyclic) bond motifs is 1. The number of carbonyl (C=O) groups is 4. The summed E-state index contributed by atoms with van der Waals surface area (Å²) in [5, 5.41) is 14.8. The SMILES string of the molecule is CC(C)C[C@H](NC(=O)[C@@H]1CCCN1C(=O)[C@@H](NC(=O)OCCCCC[n+]1c[nH]c2c(N(C)C)ncnc21)C(C)C)C(=O)O. The monoisotopic (exact) mass is 603 g/mol. The second-order valence-corrected chi connectivity index (χ2v) is 12.0. The number of imidazole rings is 1. The quantitative estimate of drug-likeness (QED) is 0.175. The summed E-state index contributed by atoms with van der Waals surface area (Å²) in [6.07, 6.45) is 6.41. The van der Waals surface area contributed by atoms with Gasteiger partial charge in [-0.2, -0.15) is 4.98 Å². The van der Waals surface area contributed by atoms with Crippen LogP contribution in [0.3, 0.4) is 0 Å². The zero-order chi connectivity index (χ0) is 31.7. The zero-order valence-electron chi connectivity index (χ0n) is 26.1. The van der Waals surface area contributed by atoms with Crippen molar-refractivity contribution < 1.29 is 33.6 Å². The van der Waals surface area contributed by atoms with Crippen molar-refractivity contribution in [3.8, 4) is 0 Å². The van der Waals surface area contributed by atoms with Crippen LogP contribution in [0.15, 0.2) is 12.7 Å². The van der Waals surface area contributed by atoms with E-state index in [1.54, 1.807) is 6.33 Å². The highest BCUT2D eigenvalue weighted by atomic mass is 16.5. The zero-order valence-corrected chi connectivity index (χ0v) is 26.1.